The predicted molar refractivity (Wildman–Crippen MR) is 66.7 cm³/mol. The van der Waals surface area contributed by atoms with E-state index in [2.05, 4.69) is 5.10 Å². The van der Waals surface area contributed by atoms with Gasteiger partial charge < -0.3 is 5.73 Å². The quantitative estimate of drug-likeness (QED) is 0.917. The van der Waals surface area contributed by atoms with E-state index in [0.29, 0.717) is 23.1 Å². The largest absolute Gasteiger partial charge is 0.329 e. The third kappa shape index (κ3) is 2.21. The maximum atomic E-state index is 6.14. The van der Waals surface area contributed by atoms with Crippen molar-refractivity contribution >= 4 is 23.2 Å². The Hall–Kier alpha value is -1.03. The number of halogens is 2. The summed E-state index contributed by atoms with van der Waals surface area (Å²) in [6.45, 7) is 1.21. The molecule has 0 radical (unpaired) electrons. The van der Waals surface area contributed by atoms with E-state index in [1.807, 2.05) is 22.9 Å². The van der Waals surface area contributed by atoms with Crippen molar-refractivity contribution in [1.29, 1.82) is 0 Å². The number of nitrogens with zero attached hydrogens (tertiary/aromatic N) is 2. The van der Waals surface area contributed by atoms with Gasteiger partial charge in [0.15, 0.2) is 0 Å². The summed E-state index contributed by atoms with van der Waals surface area (Å²) in [6, 6.07) is 7.32. The first-order valence-electron chi connectivity index (χ1n) is 4.89. The van der Waals surface area contributed by atoms with Crippen LogP contribution in [0.15, 0.2) is 30.5 Å². The minimum atomic E-state index is 0.542. The van der Waals surface area contributed by atoms with Crippen LogP contribution in [0.2, 0.25) is 10.0 Å². The van der Waals surface area contributed by atoms with Crippen molar-refractivity contribution in [1.82, 2.24) is 9.78 Å². The van der Waals surface area contributed by atoms with Crippen molar-refractivity contribution in [3.8, 4) is 11.3 Å². The monoisotopic (exact) mass is 255 g/mol. The molecular formula is C11H11Cl2N3. The number of aromatic nitrogens is 2. The normalized spacial score (nSPS) is 10.7. The molecule has 1 aromatic carbocycles. The van der Waals surface area contributed by atoms with Gasteiger partial charge in [-0.25, -0.2) is 0 Å². The van der Waals surface area contributed by atoms with Gasteiger partial charge in [-0.3, -0.25) is 4.68 Å². The second-order valence-corrected chi connectivity index (χ2v) is 4.20. The van der Waals surface area contributed by atoms with Gasteiger partial charge >= 0.3 is 0 Å². The van der Waals surface area contributed by atoms with Gasteiger partial charge in [-0.2, -0.15) is 5.10 Å². The summed E-state index contributed by atoms with van der Waals surface area (Å²) in [4.78, 5) is 0. The molecule has 84 valence electrons. The van der Waals surface area contributed by atoms with Gasteiger partial charge in [0.2, 0.25) is 0 Å². The van der Waals surface area contributed by atoms with Crippen LogP contribution in [0.4, 0.5) is 0 Å². The smallest absolute Gasteiger partial charge is 0.0697 e. The molecule has 0 bridgehead atoms. The lowest BCUT2D eigenvalue weighted by molar-refractivity contribution is 0.631. The lowest BCUT2D eigenvalue weighted by Crippen LogP contribution is -2.11. The first kappa shape index (κ1) is 11.5. The molecule has 0 saturated carbocycles. The molecule has 2 aromatic rings. The highest BCUT2D eigenvalue weighted by molar-refractivity contribution is 6.36. The third-order valence-electron chi connectivity index (χ3n) is 2.26. The minimum Gasteiger partial charge on any atom is -0.329 e. The van der Waals surface area contributed by atoms with Crippen LogP contribution in [0.25, 0.3) is 11.3 Å². The zero-order valence-corrected chi connectivity index (χ0v) is 10.0. The molecule has 0 saturated heterocycles. The second-order valence-electron chi connectivity index (χ2n) is 3.35. The number of nitrogens with two attached hydrogens (primary N) is 1. The first-order chi connectivity index (χ1) is 7.72. The van der Waals surface area contributed by atoms with Crippen molar-refractivity contribution in [3.05, 3.63) is 40.5 Å². The first-order valence-corrected chi connectivity index (χ1v) is 5.65. The van der Waals surface area contributed by atoms with Gasteiger partial charge in [0.05, 0.1) is 17.3 Å². The zero-order chi connectivity index (χ0) is 11.5. The van der Waals surface area contributed by atoms with Crippen molar-refractivity contribution in [2.24, 2.45) is 5.73 Å². The minimum absolute atomic E-state index is 0.542. The summed E-state index contributed by atoms with van der Waals surface area (Å²) >= 11 is 12.0. The Bertz CT molecular complexity index is 494. The zero-order valence-electron chi connectivity index (χ0n) is 8.53. The van der Waals surface area contributed by atoms with Gasteiger partial charge in [-0.1, -0.05) is 23.2 Å². The van der Waals surface area contributed by atoms with E-state index in [1.54, 1.807) is 12.3 Å². The average Bonchev–Trinajstić information content (AvgIpc) is 2.67. The maximum Gasteiger partial charge on any atom is 0.0697 e. The third-order valence-corrected chi connectivity index (χ3v) is 2.81. The van der Waals surface area contributed by atoms with Crippen molar-refractivity contribution in [3.63, 3.8) is 0 Å². The van der Waals surface area contributed by atoms with Gasteiger partial charge in [0.25, 0.3) is 0 Å². The molecule has 1 heterocycles. The SMILES string of the molecule is NCCn1nccc1-c1ccc(Cl)cc1Cl. The standard InChI is InChI=1S/C11H11Cl2N3/c12-8-1-2-9(10(13)7-8)11-3-5-15-16(11)6-4-14/h1-3,5,7H,4,6,14H2. The van der Waals surface area contributed by atoms with Crippen LogP contribution in [-0.2, 0) is 6.54 Å². The van der Waals surface area contributed by atoms with Crippen LogP contribution in [0.5, 0.6) is 0 Å². The molecule has 5 heteroatoms. The number of hydrogen-bond donors (Lipinski definition) is 1. The highest BCUT2D eigenvalue weighted by Gasteiger charge is 2.08. The van der Waals surface area contributed by atoms with Crippen LogP contribution in [0, 0.1) is 0 Å². The molecular weight excluding hydrogens is 245 g/mol. The van der Waals surface area contributed by atoms with E-state index in [9.17, 15) is 0 Å². The Morgan fingerprint density at radius 3 is 2.75 bits per heavy atom. The molecule has 1 aromatic heterocycles. The molecule has 0 fully saturated rings. The molecule has 2 rings (SSSR count). The summed E-state index contributed by atoms with van der Waals surface area (Å²) in [5.41, 5.74) is 7.38. The number of rotatable bonds is 3. The molecule has 3 nitrogen and oxygen atoms in total. The predicted octanol–water partition coefficient (Wildman–Crippen LogP) is 2.82. The molecule has 0 unspecified atom stereocenters. The van der Waals surface area contributed by atoms with Crippen LogP contribution in [0.1, 0.15) is 0 Å². The van der Waals surface area contributed by atoms with Gasteiger partial charge in [-0.05, 0) is 24.3 Å². The number of benzene rings is 1. The van der Waals surface area contributed by atoms with Gasteiger partial charge in [0, 0.05) is 23.3 Å². The summed E-state index contributed by atoms with van der Waals surface area (Å²) in [5, 5.41) is 5.43. The molecule has 0 spiro atoms. The fourth-order valence-corrected chi connectivity index (χ4v) is 2.06. The van der Waals surface area contributed by atoms with Crippen molar-refractivity contribution in [2.75, 3.05) is 6.54 Å². The molecule has 0 amide bonds. The van der Waals surface area contributed by atoms with Gasteiger partial charge in [0.1, 0.15) is 0 Å². The average molecular weight is 256 g/mol. The lowest BCUT2D eigenvalue weighted by Gasteiger charge is -2.08. The fraction of sp³-hybridized carbons (Fsp3) is 0.182. The summed E-state index contributed by atoms with van der Waals surface area (Å²) in [5.74, 6) is 0. The molecule has 16 heavy (non-hydrogen) atoms. The molecule has 0 aliphatic carbocycles. The van der Waals surface area contributed by atoms with E-state index in [4.69, 9.17) is 28.9 Å². The molecule has 2 N–H and O–H groups in total. The van der Waals surface area contributed by atoms with E-state index >= 15 is 0 Å². The fourth-order valence-electron chi connectivity index (χ4n) is 1.56. The van der Waals surface area contributed by atoms with E-state index in [0.717, 1.165) is 11.3 Å². The van der Waals surface area contributed by atoms with Crippen molar-refractivity contribution < 1.29 is 0 Å². The Morgan fingerprint density at radius 2 is 2.06 bits per heavy atom. The molecule has 0 aliphatic heterocycles. The van der Waals surface area contributed by atoms with Crippen LogP contribution in [0.3, 0.4) is 0 Å². The van der Waals surface area contributed by atoms with Crippen LogP contribution < -0.4 is 5.73 Å². The van der Waals surface area contributed by atoms with E-state index in [1.165, 1.54) is 0 Å². The molecule has 0 aliphatic rings. The maximum absolute atomic E-state index is 6.14. The van der Waals surface area contributed by atoms with Crippen LogP contribution >= 0.6 is 23.2 Å². The Labute approximate surface area is 104 Å². The molecule has 0 atom stereocenters. The highest BCUT2D eigenvalue weighted by atomic mass is 35.5. The topological polar surface area (TPSA) is 43.8 Å². The second kappa shape index (κ2) is 4.87. The van der Waals surface area contributed by atoms with E-state index < -0.39 is 0 Å². The Morgan fingerprint density at radius 1 is 1.25 bits per heavy atom. The summed E-state index contributed by atoms with van der Waals surface area (Å²) < 4.78 is 1.83. The Balaban J connectivity index is 2.46. The van der Waals surface area contributed by atoms with Gasteiger partial charge in [-0.15, -0.1) is 0 Å². The summed E-state index contributed by atoms with van der Waals surface area (Å²) in [6.07, 6.45) is 1.73. The van der Waals surface area contributed by atoms with Crippen molar-refractivity contribution in [2.45, 2.75) is 6.54 Å². The Kier molecular flexibility index (Phi) is 3.49. The lowest BCUT2D eigenvalue weighted by atomic mass is 10.1. The summed E-state index contributed by atoms with van der Waals surface area (Å²) in [7, 11) is 0. The highest BCUT2D eigenvalue weighted by Crippen LogP contribution is 2.29. The van der Waals surface area contributed by atoms with E-state index in [-0.39, 0.29) is 0 Å². The number of hydrogen-bond acceptors (Lipinski definition) is 2. The van der Waals surface area contributed by atoms with Crippen LogP contribution in [-0.4, -0.2) is 16.3 Å².